The van der Waals surface area contributed by atoms with Crippen molar-refractivity contribution < 1.29 is 13.2 Å². The molecule has 2 heterocycles. The predicted octanol–water partition coefficient (Wildman–Crippen LogP) is 2.93. The minimum Gasteiger partial charge on any atom is -0.233 e. The van der Waals surface area contributed by atoms with Gasteiger partial charge >= 0.3 is 6.18 Å². The fraction of sp³-hybridized carbons (Fsp3) is 0.455. The Hall–Kier alpha value is -1.59. The van der Waals surface area contributed by atoms with Gasteiger partial charge in [-0.2, -0.15) is 18.3 Å². The zero-order chi connectivity index (χ0) is 12.2. The highest BCUT2D eigenvalue weighted by molar-refractivity contribution is 5.43. The molecule has 0 bridgehead atoms. The van der Waals surface area contributed by atoms with Crippen LogP contribution in [0, 0.1) is 6.92 Å². The van der Waals surface area contributed by atoms with Crippen LogP contribution in [0.3, 0.4) is 0 Å². The van der Waals surface area contributed by atoms with Crippen LogP contribution in [0.25, 0.3) is 5.65 Å². The molecule has 1 fully saturated rings. The summed E-state index contributed by atoms with van der Waals surface area (Å²) in [4.78, 5) is 4.23. The first-order valence-corrected chi connectivity index (χ1v) is 5.39. The van der Waals surface area contributed by atoms with Crippen LogP contribution in [0.5, 0.6) is 0 Å². The Kier molecular flexibility index (Phi) is 1.99. The molecule has 0 aliphatic heterocycles. The van der Waals surface area contributed by atoms with E-state index in [1.165, 1.54) is 0 Å². The third-order valence-corrected chi connectivity index (χ3v) is 2.86. The third kappa shape index (κ3) is 1.77. The molecule has 90 valence electrons. The number of rotatable bonds is 1. The van der Waals surface area contributed by atoms with E-state index in [4.69, 9.17) is 0 Å². The number of nitrogens with zero attached hydrogens (tertiary/aromatic N) is 3. The van der Waals surface area contributed by atoms with Crippen LogP contribution in [0.4, 0.5) is 13.2 Å². The fourth-order valence-electron chi connectivity index (χ4n) is 1.90. The van der Waals surface area contributed by atoms with Crippen LogP contribution in [-0.2, 0) is 6.18 Å². The Labute approximate surface area is 95.3 Å². The highest BCUT2D eigenvalue weighted by Gasteiger charge is 2.37. The maximum atomic E-state index is 12.9. The van der Waals surface area contributed by atoms with Crippen molar-refractivity contribution in [1.29, 1.82) is 0 Å². The van der Waals surface area contributed by atoms with Gasteiger partial charge in [-0.05, 0) is 25.8 Å². The Morgan fingerprint density at radius 3 is 2.59 bits per heavy atom. The lowest BCUT2D eigenvalue weighted by Crippen LogP contribution is -2.14. The highest BCUT2D eigenvalue weighted by Crippen LogP contribution is 2.41. The summed E-state index contributed by atoms with van der Waals surface area (Å²) in [5.41, 5.74) is 0.609. The van der Waals surface area contributed by atoms with Gasteiger partial charge in [0.25, 0.3) is 0 Å². The van der Waals surface area contributed by atoms with Gasteiger partial charge < -0.3 is 0 Å². The van der Waals surface area contributed by atoms with E-state index < -0.39 is 11.9 Å². The summed E-state index contributed by atoms with van der Waals surface area (Å²) in [5.74, 6) is 0.191. The molecule has 3 rings (SSSR count). The van der Waals surface area contributed by atoms with E-state index in [1.54, 1.807) is 13.0 Å². The molecule has 6 heteroatoms. The number of aromatic nitrogens is 3. The van der Waals surface area contributed by atoms with Crippen LogP contribution in [0.1, 0.15) is 35.8 Å². The lowest BCUT2D eigenvalue weighted by molar-refractivity contribution is -0.142. The molecular weight excluding hydrogens is 231 g/mol. The lowest BCUT2D eigenvalue weighted by Gasteiger charge is -2.10. The molecule has 2 aromatic rings. The van der Waals surface area contributed by atoms with Crippen LogP contribution in [-0.4, -0.2) is 14.6 Å². The van der Waals surface area contributed by atoms with Gasteiger partial charge in [0.05, 0.1) is 5.69 Å². The van der Waals surface area contributed by atoms with E-state index in [2.05, 4.69) is 10.1 Å². The normalized spacial score (nSPS) is 16.7. The summed E-state index contributed by atoms with van der Waals surface area (Å²) in [7, 11) is 0. The summed E-state index contributed by atoms with van der Waals surface area (Å²) in [6.07, 6.45) is -2.55. The van der Waals surface area contributed by atoms with Gasteiger partial charge in [-0.3, -0.25) is 0 Å². The van der Waals surface area contributed by atoms with Crippen molar-refractivity contribution in [3.8, 4) is 0 Å². The number of halogens is 3. The summed E-state index contributed by atoms with van der Waals surface area (Å²) in [6, 6.07) is 2.69. The molecule has 1 saturated carbocycles. The lowest BCUT2D eigenvalue weighted by atomic mass is 10.2. The monoisotopic (exact) mass is 241 g/mol. The van der Waals surface area contributed by atoms with Crippen molar-refractivity contribution in [2.24, 2.45) is 0 Å². The zero-order valence-corrected chi connectivity index (χ0v) is 9.12. The van der Waals surface area contributed by atoms with Crippen molar-refractivity contribution in [3.63, 3.8) is 0 Å². The Balaban J connectivity index is 2.28. The number of aryl methyl sites for hydroxylation is 1. The highest BCUT2D eigenvalue weighted by atomic mass is 19.4. The van der Waals surface area contributed by atoms with E-state index in [-0.39, 0.29) is 11.6 Å². The van der Waals surface area contributed by atoms with Crippen LogP contribution in [0.15, 0.2) is 12.1 Å². The smallest absolute Gasteiger partial charge is 0.233 e. The first-order valence-electron chi connectivity index (χ1n) is 5.39. The number of fused-ring (bicyclic) bond motifs is 1. The quantitative estimate of drug-likeness (QED) is 0.768. The first kappa shape index (κ1) is 10.6. The number of hydrogen-bond acceptors (Lipinski definition) is 2. The van der Waals surface area contributed by atoms with Gasteiger partial charge in [-0.1, -0.05) is 0 Å². The molecule has 17 heavy (non-hydrogen) atoms. The average molecular weight is 241 g/mol. The molecule has 0 spiro atoms. The molecule has 0 saturated heterocycles. The van der Waals surface area contributed by atoms with Gasteiger partial charge in [-0.15, -0.1) is 0 Å². The van der Waals surface area contributed by atoms with E-state index in [0.29, 0.717) is 11.4 Å². The Morgan fingerprint density at radius 1 is 1.29 bits per heavy atom. The van der Waals surface area contributed by atoms with Crippen molar-refractivity contribution in [1.82, 2.24) is 14.6 Å². The van der Waals surface area contributed by atoms with Crippen LogP contribution in [0.2, 0.25) is 0 Å². The molecule has 1 aliphatic carbocycles. The third-order valence-electron chi connectivity index (χ3n) is 2.86. The van der Waals surface area contributed by atoms with Crippen LogP contribution >= 0.6 is 0 Å². The van der Waals surface area contributed by atoms with Crippen LogP contribution < -0.4 is 0 Å². The van der Waals surface area contributed by atoms with E-state index in [9.17, 15) is 13.2 Å². The van der Waals surface area contributed by atoms with Gasteiger partial charge in [0.1, 0.15) is 5.69 Å². The number of alkyl halides is 3. The second kappa shape index (κ2) is 3.21. The van der Waals surface area contributed by atoms with Gasteiger partial charge in [0, 0.05) is 17.7 Å². The van der Waals surface area contributed by atoms with E-state index in [0.717, 1.165) is 23.4 Å². The van der Waals surface area contributed by atoms with E-state index in [1.807, 2.05) is 0 Å². The fourth-order valence-corrected chi connectivity index (χ4v) is 1.90. The summed E-state index contributed by atoms with van der Waals surface area (Å²) >= 11 is 0. The largest absolute Gasteiger partial charge is 0.433 e. The average Bonchev–Trinajstić information content (AvgIpc) is 2.97. The van der Waals surface area contributed by atoms with Crippen molar-refractivity contribution in [2.45, 2.75) is 31.9 Å². The zero-order valence-electron chi connectivity index (χ0n) is 9.12. The van der Waals surface area contributed by atoms with Gasteiger partial charge in [0.15, 0.2) is 5.65 Å². The summed E-state index contributed by atoms with van der Waals surface area (Å²) in [5, 5.41) is 3.83. The first-order chi connectivity index (χ1) is 7.95. The molecule has 0 aromatic carbocycles. The van der Waals surface area contributed by atoms with Crippen molar-refractivity contribution in [3.05, 3.63) is 29.2 Å². The Bertz CT molecular complexity index is 581. The van der Waals surface area contributed by atoms with Crippen molar-refractivity contribution in [2.75, 3.05) is 0 Å². The standard InChI is InChI=1S/C11H10F3N3/c1-6-4-10-15-8(7-2-3-7)5-9(11(12,13)14)17(10)16-6/h4-5,7H,2-3H2,1H3. The van der Waals surface area contributed by atoms with E-state index >= 15 is 0 Å². The summed E-state index contributed by atoms with van der Waals surface area (Å²) < 4.78 is 39.6. The van der Waals surface area contributed by atoms with Gasteiger partial charge in [0.2, 0.25) is 0 Å². The molecular formula is C11H10F3N3. The summed E-state index contributed by atoms with van der Waals surface area (Å²) in [6.45, 7) is 1.66. The molecule has 1 aliphatic rings. The van der Waals surface area contributed by atoms with Gasteiger partial charge in [-0.25, -0.2) is 9.50 Å². The second-order valence-electron chi connectivity index (χ2n) is 4.39. The Morgan fingerprint density at radius 2 is 2.00 bits per heavy atom. The predicted molar refractivity (Wildman–Crippen MR) is 54.7 cm³/mol. The number of hydrogen-bond donors (Lipinski definition) is 0. The maximum absolute atomic E-state index is 12.9. The molecule has 0 atom stereocenters. The topological polar surface area (TPSA) is 30.2 Å². The molecule has 3 nitrogen and oxygen atoms in total. The maximum Gasteiger partial charge on any atom is 0.433 e. The van der Waals surface area contributed by atoms with Crippen molar-refractivity contribution >= 4 is 5.65 Å². The minimum atomic E-state index is -4.40. The molecule has 0 radical (unpaired) electrons. The minimum absolute atomic E-state index is 0.191. The molecule has 0 unspecified atom stereocenters. The SMILES string of the molecule is Cc1cc2nc(C3CC3)cc(C(F)(F)F)n2n1. The second-order valence-corrected chi connectivity index (χ2v) is 4.39. The molecule has 2 aromatic heterocycles. The molecule has 0 amide bonds. The molecule has 0 N–H and O–H groups in total.